The molecule has 0 aliphatic carbocycles. The van der Waals surface area contributed by atoms with Crippen LogP contribution in [-0.4, -0.2) is 79.0 Å². The molecule has 0 bridgehead atoms. The zero-order valence-electron chi connectivity index (χ0n) is 33.8. The minimum Gasteiger partial charge on any atom is -0.411 e. The molecule has 2 fully saturated rings. The number of halogens is 1. The van der Waals surface area contributed by atoms with Gasteiger partial charge in [0.15, 0.2) is 8.32 Å². The molecule has 302 valence electrons. The molecule has 10 heteroatoms. The molecule has 1 N–H and O–H groups in total. The maximum absolute atomic E-state index is 14.0. The minimum absolute atomic E-state index is 0.000326. The van der Waals surface area contributed by atoms with Gasteiger partial charge in [-0.25, -0.2) is 0 Å². The molecule has 3 aromatic rings. The topological polar surface area (TPSA) is 92.7 Å². The maximum Gasteiger partial charge on any atom is 0.192 e. The third-order valence-electron chi connectivity index (χ3n) is 11.6. The van der Waals surface area contributed by atoms with Gasteiger partial charge >= 0.3 is 0 Å². The van der Waals surface area contributed by atoms with Crippen molar-refractivity contribution in [3.05, 3.63) is 108 Å². The van der Waals surface area contributed by atoms with E-state index in [1.807, 2.05) is 85.8 Å². The van der Waals surface area contributed by atoms with E-state index in [4.69, 9.17) is 28.1 Å². The van der Waals surface area contributed by atoms with Crippen LogP contribution in [0.1, 0.15) is 83.4 Å². The molecular weight excluding hydrogens is 776 g/mol. The molecule has 8 nitrogen and oxygen atoms in total. The fourth-order valence-corrected chi connectivity index (χ4v) is 9.00. The highest BCUT2D eigenvalue weighted by Crippen LogP contribution is 2.41. The molecule has 3 aromatic carbocycles. The second-order valence-electron chi connectivity index (χ2n) is 17.1. The monoisotopic (exact) mass is 838 g/mol. The Hall–Kier alpha value is -2.25. The molecule has 2 aliphatic rings. The summed E-state index contributed by atoms with van der Waals surface area (Å²) < 4.78 is 39.2. The smallest absolute Gasteiger partial charge is 0.192 e. The number of carbonyl (C=O) groups excluding carboxylic acids is 1. The van der Waals surface area contributed by atoms with E-state index in [-0.39, 0.29) is 53.9 Å². The first kappa shape index (κ1) is 43.9. The van der Waals surface area contributed by atoms with Crippen molar-refractivity contribution in [1.82, 2.24) is 0 Å². The number of carbonyl (C=O) groups is 1. The Bertz CT molecular complexity index is 1580. The number of alkyl halides is 1. The van der Waals surface area contributed by atoms with Crippen LogP contribution in [0.2, 0.25) is 18.1 Å². The highest BCUT2D eigenvalue weighted by atomic mass is 79.9. The zero-order valence-corrected chi connectivity index (χ0v) is 36.4. The lowest BCUT2D eigenvalue weighted by atomic mass is 9.83. The van der Waals surface area contributed by atoms with Gasteiger partial charge in [0.2, 0.25) is 0 Å². The molecule has 2 heterocycles. The minimum atomic E-state index is -2.19. The van der Waals surface area contributed by atoms with Gasteiger partial charge in [0.1, 0.15) is 5.78 Å². The van der Waals surface area contributed by atoms with Crippen LogP contribution in [0.5, 0.6) is 0 Å². The Morgan fingerprint density at radius 1 is 0.836 bits per heavy atom. The van der Waals surface area contributed by atoms with E-state index < -0.39 is 24.8 Å². The summed E-state index contributed by atoms with van der Waals surface area (Å²) in [6.45, 7) is 16.8. The third-order valence-corrected chi connectivity index (χ3v) is 16.9. The van der Waals surface area contributed by atoms with Gasteiger partial charge in [0.05, 0.1) is 73.0 Å². The predicted octanol–water partition coefficient (Wildman–Crippen LogP) is 9.35. The number of ether oxygens (including phenoxy) is 5. The number of ketones is 1. The number of hydrogen-bond acceptors (Lipinski definition) is 8. The lowest BCUT2D eigenvalue weighted by molar-refractivity contribution is -0.227. The van der Waals surface area contributed by atoms with Gasteiger partial charge in [-0.1, -0.05) is 128 Å². The zero-order chi connectivity index (χ0) is 39.6. The molecule has 0 spiro atoms. The summed E-state index contributed by atoms with van der Waals surface area (Å²) in [7, 11) is -2.19. The van der Waals surface area contributed by atoms with Crippen molar-refractivity contribution in [3.8, 4) is 0 Å². The van der Waals surface area contributed by atoms with Gasteiger partial charge < -0.3 is 33.2 Å². The van der Waals surface area contributed by atoms with Crippen LogP contribution in [0.4, 0.5) is 0 Å². The van der Waals surface area contributed by atoms with E-state index in [9.17, 15) is 9.90 Å². The molecule has 8 unspecified atom stereocenters. The first-order chi connectivity index (χ1) is 26.1. The van der Waals surface area contributed by atoms with Gasteiger partial charge in [-0.15, -0.1) is 0 Å². The Morgan fingerprint density at radius 3 is 1.91 bits per heavy atom. The molecule has 2 saturated heterocycles. The quantitative estimate of drug-likeness (QED) is 0.0771. The van der Waals surface area contributed by atoms with Crippen molar-refractivity contribution in [3.63, 3.8) is 0 Å². The fraction of sp³-hybridized carbons (Fsp3) is 0.578. The molecule has 0 aromatic heterocycles. The van der Waals surface area contributed by atoms with Crippen molar-refractivity contribution in [2.45, 2.75) is 158 Å². The lowest BCUT2D eigenvalue weighted by Crippen LogP contribution is -2.56. The second-order valence-corrected chi connectivity index (χ2v) is 23.0. The average molecular weight is 840 g/mol. The summed E-state index contributed by atoms with van der Waals surface area (Å²) in [6, 6.07) is 30.2. The fourth-order valence-electron chi connectivity index (χ4n) is 7.08. The number of rotatable bonds is 18. The van der Waals surface area contributed by atoms with Crippen LogP contribution in [0.15, 0.2) is 91.0 Å². The van der Waals surface area contributed by atoms with Crippen molar-refractivity contribution in [1.29, 1.82) is 0 Å². The van der Waals surface area contributed by atoms with E-state index in [1.165, 1.54) is 0 Å². The van der Waals surface area contributed by atoms with Crippen molar-refractivity contribution >= 4 is 30.0 Å². The van der Waals surface area contributed by atoms with Gasteiger partial charge in [-0.3, -0.25) is 4.79 Å². The summed E-state index contributed by atoms with van der Waals surface area (Å²) in [6.07, 6.45) is -0.244. The van der Waals surface area contributed by atoms with Crippen LogP contribution in [0.25, 0.3) is 0 Å². The Kier molecular flexibility index (Phi) is 15.9. The standard InChI is InChI=1S/C45H63BrO8Si/c1-32-39(50-30-34-19-13-9-14-20-34)27-41(54-55(6,7)44(2,3)4)40(52-32)25-36(46)37(47)26-43-45(5,48)28-42(51-31-35-21-15-10-16-22-35)38(53-43)23-24-49-29-33-17-11-8-12-18-33/h8-22,32,36,38-43,48H,23-31H2,1-7H3/t32?,36?,38?,39?,40?,41?,42?,43?,45-/m0/s1. The normalized spacial score (nSPS) is 28.1. The van der Waals surface area contributed by atoms with Crippen LogP contribution in [0.3, 0.4) is 0 Å². The molecular formula is C45H63BrO8Si. The highest BCUT2D eigenvalue weighted by Gasteiger charge is 2.48. The van der Waals surface area contributed by atoms with E-state index >= 15 is 0 Å². The number of Topliss-reactive ketones (excluding diaryl/α,β-unsaturated/α-hetero) is 1. The second kappa shape index (κ2) is 19.9. The van der Waals surface area contributed by atoms with Gasteiger partial charge in [-0.2, -0.15) is 0 Å². The first-order valence-corrected chi connectivity index (χ1v) is 23.7. The van der Waals surface area contributed by atoms with Crippen LogP contribution >= 0.6 is 15.9 Å². The Balaban J connectivity index is 1.23. The number of aliphatic hydroxyl groups is 1. The van der Waals surface area contributed by atoms with Gasteiger partial charge in [-0.05, 0) is 61.5 Å². The average Bonchev–Trinajstić information content (AvgIpc) is 3.15. The molecule has 0 amide bonds. The van der Waals surface area contributed by atoms with E-state index in [2.05, 4.69) is 61.9 Å². The van der Waals surface area contributed by atoms with Crippen molar-refractivity contribution in [2.75, 3.05) is 6.61 Å². The predicted molar refractivity (Wildman–Crippen MR) is 223 cm³/mol. The van der Waals surface area contributed by atoms with E-state index in [0.29, 0.717) is 52.1 Å². The van der Waals surface area contributed by atoms with Crippen LogP contribution < -0.4 is 0 Å². The largest absolute Gasteiger partial charge is 0.411 e. The molecule has 9 atom stereocenters. The van der Waals surface area contributed by atoms with Crippen LogP contribution in [0, 0.1) is 0 Å². The molecule has 2 aliphatic heterocycles. The van der Waals surface area contributed by atoms with Crippen molar-refractivity contribution < 1.29 is 38.0 Å². The molecule has 55 heavy (non-hydrogen) atoms. The third kappa shape index (κ3) is 12.9. The molecule has 0 radical (unpaired) electrons. The van der Waals surface area contributed by atoms with Gasteiger partial charge in [0.25, 0.3) is 0 Å². The van der Waals surface area contributed by atoms with Crippen molar-refractivity contribution in [2.24, 2.45) is 0 Å². The van der Waals surface area contributed by atoms with Gasteiger partial charge in [0, 0.05) is 25.9 Å². The maximum atomic E-state index is 14.0. The SMILES string of the molecule is CC1OC(CC(Br)C(=O)CC2OC(CCOCc3ccccc3)C(OCc3ccccc3)C[C@]2(C)O)C(O[Si](C)(C)C(C)(C)C)CC1OCc1ccccc1. The molecule has 5 rings (SSSR count). The Morgan fingerprint density at radius 2 is 1.36 bits per heavy atom. The summed E-state index contributed by atoms with van der Waals surface area (Å²) in [5.74, 6) is -0.0437. The summed E-state index contributed by atoms with van der Waals surface area (Å²) in [5.41, 5.74) is 1.98. The van der Waals surface area contributed by atoms with E-state index in [1.54, 1.807) is 6.92 Å². The summed E-state index contributed by atoms with van der Waals surface area (Å²) >= 11 is 3.75. The Labute approximate surface area is 338 Å². The number of hydrogen-bond donors (Lipinski definition) is 1. The van der Waals surface area contributed by atoms with Crippen LogP contribution in [-0.2, 0) is 52.7 Å². The van der Waals surface area contributed by atoms with E-state index in [0.717, 1.165) is 16.7 Å². The highest BCUT2D eigenvalue weighted by molar-refractivity contribution is 9.10. The number of benzene rings is 3. The first-order valence-electron chi connectivity index (χ1n) is 19.9. The summed E-state index contributed by atoms with van der Waals surface area (Å²) in [5, 5.41) is 11.8. The summed E-state index contributed by atoms with van der Waals surface area (Å²) in [4.78, 5) is 13.5. The molecule has 0 saturated carbocycles. The lowest BCUT2D eigenvalue weighted by Gasteiger charge is -2.46.